The standard InChI is InChI=1S/C5H10F2O3S/c1-3-10-11(8,9)4-5(2,6)7/h3-4H2,1-2H3. The molecule has 0 saturated heterocycles. The molecule has 3 nitrogen and oxygen atoms in total. The van der Waals surface area contributed by atoms with E-state index >= 15 is 0 Å². The van der Waals surface area contributed by atoms with Crippen LogP contribution in [0.15, 0.2) is 0 Å². The molecule has 11 heavy (non-hydrogen) atoms. The van der Waals surface area contributed by atoms with Gasteiger partial charge in [-0.25, -0.2) is 8.78 Å². The highest BCUT2D eigenvalue weighted by molar-refractivity contribution is 7.86. The van der Waals surface area contributed by atoms with Gasteiger partial charge in [-0.3, -0.25) is 4.18 Å². The fourth-order valence-corrected chi connectivity index (χ4v) is 1.59. The van der Waals surface area contributed by atoms with Crippen LogP contribution in [0, 0.1) is 0 Å². The molecular formula is C5H10F2O3S. The van der Waals surface area contributed by atoms with Gasteiger partial charge >= 0.3 is 0 Å². The number of rotatable bonds is 4. The summed E-state index contributed by atoms with van der Waals surface area (Å²) < 4.78 is 49.3. The molecule has 6 heteroatoms. The average molecular weight is 188 g/mol. The van der Waals surface area contributed by atoms with E-state index in [0.717, 1.165) is 0 Å². The minimum Gasteiger partial charge on any atom is -0.270 e. The van der Waals surface area contributed by atoms with Crippen molar-refractivity contribution in [2.75, 3.05) is 12.4 Å². The quantitative estimate of drug-likeness (QED) is 0.618. The van der Waals surface area contributed by atoms with Gasteiger partial charge in [0, 0.05) is 6.92 Å². The van der Waals surface area contributed by atoms with Crippen molar-refractivity contribution in [2.24, 2.45) is 0 Å². The Morgan fingerprint density at radius 1 is 1.45 bits per heavy atom. The van der Waals surface area contributed by atoms with Crippen LogP contribution < -0.4 is 0 Å². The number of hydrogen-bond donors (Lipinski definition) is 0. The molecule has 0 aromatic rings. The fourth-order valence-electron chi connectivity index (χ4n) is 0.532. The van der Waals surface area contributed by atoms with Crippen molar-refractivity contribution < 1.29 is 21.4 Å². The SMILES string of the molecule is CCOS(=O)(=O)CC(C)(F)F. The van der Waals surface area contributed by atoms with Gasteiger partial charge in [0.25, 0.3) is 16.0 Å². The van der Waals surface area contributed by atoms with Gasteiger partial charge in [-0.1, -0.05) is 0 Å². The monoisotopic (exact) mass is 188 g/mol. The second kappa shape index (κ2) is 3.44. The highest BCUT2D eigenvalue weighted by Gasteiger charge is 2.30. The van der Waals surface area contributed by atoms with Crippen LogP contribution in [0.5, 0.6) is 0 Å². The lowest BCUT2D eigenvalue weighted by molar-refractivity contribution is 0.0449. The van der Waals surface area contributed by atoms with Crippen molar-refractivity contribution in [2.45, 2.75) is 19.8 Å². The van der Waals surface area contributed by atoms with Crippen LogP contribution in [0.25, 0.3) is 0 Å². The fraction of sp³-hybridized carbons (Fsp3) is 1.00. The van der Waals surface area contributed by atoms with Crippen molar-refractivity contribution >= 4 is 10.1 Å². The van der Waals surface area contributed by atoms with Crippen LogP contribution in [-0.4, -0.2) is 26.7 Å². The lowest BCUT2D eigenvalue weighted by Gasteiger charge is -2.09. The molecule has 0 heterocycles. The first kappa shape index (κ1) is 10.8. The first-order valence-corrected chi connectivity index (χ1v) is 4.59. The summed E-state index contributed by atoms with van der Waals surface area (Å²) in [6, 6.07) is 0. The van der Waals surface area contributed by atoms with Crippen molar-refractivity contribution in [3.8, 4) is 0 Å². The number of halogens is 2. The Balaban J connectivity index is 4.15. The lowest BCUT2D eigenvalue weighted by atomic mass is 10.5. The Bertz CT molecular complexity index is 204. The molecule has 0 aliphatic rings. The van der Waals surface area contributed by atoms with Crippen molar-refractivity contribution in [3.05, 3.63) is 0 Å². The van der Waals surface area contributed by atoms with Gasteiger partial charge in [-0.15, -0.1) is 0 Å². The zero-order valence-corrected chi connectivity index (χ0v) is 7.12. The molecule has 0 aliphatic carbocycles. The minimum absolute atomic E-state index is 0.113. The molecule has 0 rings (SSSR count). The van der Waals surface area contributed by atoms with Crippen molar-refractivity contribution in [1.29, 1.82) is 0 Å². The van der Waals surface area contributed by atoms with Crippen molar-refractivity contribution in [3.63, 3.8) is 0 Å². The molecule has 0 aliphatic heterocycles. The predicted molar refractivity (Wildman–Crippen MR) is 36.0 cm³/mol. The van der Waals surface area contributed by atoms with E-state index in [1.807, 2.05) is 0 Å². The summed E-state index contributed by atoms with van der Waals surface area (Å²) in [6.07, 6.45) is 0. The molecule has 68 valence electrons. The Morgan fingerprint density at radius 3 is 2.18 bits per heavy atom. The molecule has 0 radical (unpaired) electrons. The molecule has 0 N–H and O–H groups in total. The molecule has 0 aromatic heterocycles. The molecule has 0 bridgehead atoms. The van der Waals surface area contributed by atoms with Gasteiger partial charge < -0.3 is 0 Å². The van der Waals surface area contributed by atoms with E-state index in [2.05, 4.69) is 4.18 Å². The molecule has 0 unspecified atom stereocenters. The summed E-state index contributed by atoms with van der Waals surface area (Å²) in [4.78, 5) is 0. The minimum atomic E-state index is -4.04. The van der Waals surface area contributed by atoms with Crippen LogP contribution in [-0.2, 0) is 14.3 Å². The topological polar surface area (TPSA) is 43.4 Å². The Hall–Kier alpha value is -0.230. The van der Waals surface area contributed by atoms with E-state index in [4.69, 9.17) is 0 Å². The van der Waals surface area contributed by atoms with Gasteiger partial charge in [-0.05, 0) is 6.92 Å². The number of alkyl halides is 2. The molecule has 0 aromatic carbocycles. The summed E-state index contributed by atoms with van der Waals surface area (Å²) in [5.74, 6) is -4.48. The van der Waals surface area contributed by atoms with Crippen LogP contribution in [0.1, 0.15) is 13.8 Å². The summed E-state index contributed by atoms with van der Waals surface area (Å²) in [5, 5.41) is 0. The van der Waals surface area contributed by atoms with Crippen LogP contribution in [0.3, 0.4) is 0 Å². The van der Waals surface area contributed by atoms with Gasteiger partial charge in [0.05, 0.1) is 6.61 Å². The second-order valence-corrected chi connectivity index (χ2v) is 3.82. The molecular weight excluding hydrogens is 178 g/mol. The Morgan fingerprint density at radius 2 is 1.91 bits per heavy atom. The first-order chi connectivity index (χ1) is 4.77. The van der Waals surface area contributed by atoms with Gasteiger partial charge in [0.2, 0.25) is 0 Å². The van der Waals surface area contributed by atoms with Crippen molar-refractivity contribution in [1.82, 2.24) is 0 Å². The molecule has 0 fully saturated rings. The summed E-state index contributed by atoms with van der Waals surface area (Å²) in [5.41, 5.74) is 0. The molecule has 0 amide bonds. The molecule has 0 saturated carbocycles. The maximum atomic E-state index is 12.1. The zero-order valence-electron chi connectivity index (χ0n) is 6.30. The predicted octanol–water partition coefficient (Wildman–Crippen LogP) is 1.01. The third kappa shape index (κ3) is 6.18. The maximum absolute atomic E-state index is 12.1. The van der Waals surface area contributed by atoms with E-state index in [0.29, 0.717) is 6.92 Å². The normalized spacial score (nSPS) is 13.5. The highest BCUT2D eigenvalue weighted by atomic mass is 32.2. The summed E-state index contributed by atoms with van der Waals surface area (Å²) in [6.45, 7) is 1.84. The second-order valence-electron chi connectivity index (χ2n) is 2.18. The van der Waals surface area contributed by atoms with E-state index in [1.165, 1.54) is 6.92 Å². The van der Waals surface area contributed by atoms with Gasteiger partial charge in [0.15, 0.2) is 0 Å². The van der Waals surface area contributed by atoms with Gasteiger partial charge in [0.1, 0.15) is 5.75 Å². The van der Waals surface area contributed by atoms with Crippen LogP contribution >= 0.6 is 0 Å². The Kier molecular flexibility index (Phi) is 3.37. The first-order valence-electron chi connectivity index (χ1n) is 3.02. The van der Waals surface area contributed by atoms with E-state index in [1.54, 1.807) is 0 Å². The molecule has 0 atom stereocenters. The van der Waals surface area contributed by atoms with E-state index in [9.17, 15) is 17.2 Å². The average Bonchev–Trinajstić information content (AvgIpc) is 1.55. The zero-order chi connectivity index (χ0) is 9.12. The third-order valence-electron chi connectivity index (χ3n) is 0.728. The summed E-state index contributed by atoms with van der Waals surface area (Å²) >= 11 is 0. The highest BCUT2D eigenvalue weighted by Crippen LogP contribution is 2.15. The summed E-state index contributed by atoms with van der Waals surface area (Å²) in [7, 11) is -4.04. The van der Waals surface area contributed by atoms with E-state index < -0.39 is 21.8 Å². The van der Waals surface area contributed by atoms with Gasteiger partial charge in [-0.2, -0.15) is 8.42 Å². The lowest BCUT2D eigenvalue weighted by Crippen LogP contribution is -2.25. The number of hydrogen-bond acceptors (Lipinski definition) is 3. The smallest absolute Gasteiger partial charge is 0.270 e. The molecule has 0 spiro atoms. The largest absolute Gasteiger partial charge is 0.273 e. The maximum Gasteiger partial charge on any atom is 0.273 e. The van der Waals surface area contributed by atoms with E-state index in [-0.39, 0.29) is 6.61 Å². The van der Waals surface area contributed by atoms with Crippen LogP contribution in [0.4, 0.5) is 8.78 Å². The Labute approximate surface area is 64.5 Å². The third-order valence-corrected chi connectivity index (χ3v) is 2.18. The van der Waals surface area contributed by atoms with Crippen LogP contribution in [0.2, 0.25) is 0 Å².